The number of carbonyl (C=O) groups is 1. The summed E-state index contributed by atoms with van der Waals surface area (Å²) in [5.74, 6) is -0.920. The van der Waals surface area contributed by atoms with E-state index in [2.05, 4.69) is 0 Å². The summed E-state index contributed by atoms with van der Waals surface area (Å²) in [6, 6.07) is 14.2. The summed E-state index contributed by atoms with van der Waals surface area (Å²) < 4.78 is 0. The number of hydrogen-bond acceptors (Lipinski definition) is 1. The third-order valence-corrected chi connectivity index (χ3v) is 2.86. The first kappa shape index (κ1) is 12.4. The fraction of sp³-hybridized carbons (Fsp3) is 0. The molecule has 90 valence electrons. The fourth-order valence-corrected chi connectivity index (χ4v) is 1.73. The normalized spacial score (nSPS) is 10.7. The van der Waals surface area contributed by atoms with Crippen molar-refractivity contribution in [2.45, 2.75) is 0 Å². The Morgan fingerprint density at radius 3 is 2.28 bits per heavy atom. The molecule has 0 fully saturated rings. The zero-order valence-electron chi connectivity index (χ0n) is 9.51. The Morgan fingerprint density at radius 1 is 1.00 bits per heavy atom. The molecule has 1 N–H and O–H groups in total. The van der Waals surface area contributed by atoms with E-state index in [1.54, 1.807) is 24.3 Å². The molecule has 2 nitrogen and oxygen atoms in total. The molecule has 2 aromatic carbocycles. The molecule has 0 spiro atoms. The van der Waals surface area contributed by atoms with Crippen LogP contribution in [0, 0.1) is 0 Å². The molecule has 0 aliphatic rings. The summed E-state index contributed by atoms with van der Waals surface area (Å²) >= 11 is 6.03. The van der Waals surface area contributed by atoms with Crippen LogP contribution in [0.15, 0.2) is 48.5 Å². The largest absolute Gasteiger partial charge is 0.478 e. The van der Waals surface area contributed by atoms with E-state index in [1.807, 2.05) is 36.4 Å². The second-order valence-electron chi connectivity index (χ2n) is 3.78. The van der Waals surface area contributed by atoms with Gasteiger partial charge in [0.15, 0.2) is 0 Å². The van der Waals surface area contributed by atoms with Gasteiger partial charge in [0, 0.05) is 5.02 Å². The lowest BCUT2D eigenvalue weighted by Gasteiger charge is -1.98. The van der Waals surface area contributed by atoms with Crippen molar-refractivity contribution in [2.75, 3.05) is 0 Å². The molecule has 0 amide bonds. The molecule has 2 rings (SSSR count). The molecule has 0 saturated heterocycles. The molecule has 0 saturated carbocycles. The first-order chi connectivity index (χ1) is 8.66. The van der Waals surface area contributed by atoms with Gasteiger partial charge in [-0.1, -0.05) is 54.1 Å². The van der Waals surface area contributed by atoms with Crippen LogP contribution in [-0.2, 0) is 0 Å². The molecule has 18 heavy (non-hydrogen) atoms. The van der Waals surface area contributed by atoms with Crippen LogP contribution in [0.1, 0.15) is 21.5 Å². The highest BCUT2D eigenvalue weighted by Gasteiger charge is 2.00. The standard InChI is InChI=1S/C15H11ClO2/c16-14-4-2-1-3-12(14)8-5-11-6-9-13(10-7-11)15(17)18/h1-10H,(H,17,18)/b8-5-. The smallest absolute Gasteiger partial charge is 0.335 e. The van der Waals surface area contributed by atoms with Gasteiger partial charge < -0.3 is 5.11 Å². The Balaban J connectivity index is 2.19. The minimum absolute atomic E-state index is 0.282. The average molecular weight is 259 g/mol. The number of halogens is 1. The van der Waals surface area contributed by atoms with Crippen LogP contribution < -0.4 is 0 Å². The van der Waals surface area contributed by atoms with Gasteiger partial charge in [-0.2, -0.15) is 0 Å². The molecule has 0 aromatic heterocycles. The molecular formula is C15H11ClO2. The summed E-state index contributed by atoms with van der Waals surface area (Å²) in [7, 11) is 0. The number of hydrogen-bond donors (Lipinski definition) is 1. The Hall–Kier alpha value is -2.06. The number of carboxylic acid groups (broad SMARTS) is 1. The van der Waals surface area contributed by atoms with Crippen LogP contribution in [0.3, 0.4) is 0 Å². The number of aromatic carboxylic acids is 1. The first-order valence-corrected chi connectivity index (χ1v) is 5.80. The van der Waals surface area contributed by atoms with E-state index in [1.165, 1.54) is 0 Å². The van der Waals surface area contributed by atoms with Crippen LogP contribution in [0.4, 0.5) is 0 Å². The molecule has 0 heterocycles. The lowest BCUT2D eigenvalue weighted by atomic mass is 10.1. The maximum absolute atomic E-state index is 10.7. The number of rotatable bonds is 3. The zero-order valence-corrected chi connectivity index (χ0v) is 10.3. The topological polar surface area (TPSA) is 37.3 Å². The molecule has 0 aliphatic carbocycles. The van der Waals surface area contributed by atoms with Gasteiger partial charge in [0.05, 0.1) is 5.56 Å². The number of benzene rings is 2. The van der Waals surface area contributed by atoms with Crippen LogP contribution in [0.2, 0.25) is 5.02 Å². The first-order valence-electron chi connectivity index (χ1n) is 5.43. The lowest BCUT2D eigenvalue weighted by Crippen LogP contribution is -1.94. The van der Waals surface area contributed by atoms with Gasteiger partial charge in [0.1, 0.15) is 0 Å². The zero-order chi connectivity index (χ0) is 13.0. The van der Waals surface area contributed by atoms with Crippen LogP contribution in [0.25, 0.3) is 12.2 Å². The van der Waals surface area contributed by atoms with Crippen LogP contribution >= 0.6 is 11.6 Å². The van der Waals surface area contributed by atoms with Gasteiger partial charge in [0.2, 0.25) is 0 Å². The highest BCUT2D eigenvalue weighted by Crippen LogP contribution is 2.18. The van der Waals surface area contributed by atoms with E-state index in [4.69, 9.17) is 16.7 Å². The van der Waals surface area contributed by atoms with Gasteiger partial charge in [0.25, 0.3) is 0 Å². The summed E-state index contributed by atoms with van der Waals surface area (Å²) in [6.45, 7) is 0. The van der Waals surface area contributed by atoms with Gasteiger partial charge in [-0.25, -0.2) is 4.79 Å². The van der Waals surface area contributed by atoms with E-state index < -0.39 is 5.97 Å². The molecule has 0 atom stereocenters. The summed E-state index contributed by atoms with van der Waals surface area (Å²) in [4.78, 5) is 10.7. The SMILES string of the molecule is O=C(O)c1ccc(/C=C\c2ccccc2Cl)cc1. The fourth-order valence-electron chi connectivity index (χ4n) is 1.53. The van der Waals surface area contributed by atoms with Crippen molar-refractivity contribution in [1.82, 2.24) is 0 Å². The van der Waals surface area contributed by atoms with Gasteiger partial charge >= 0.3 is 5.97 Å². The van der Waals surface area contributed by atoms with Crippen molar-refractivity contribution in [3.63, 3.8) is 0 Å². The molecule has 2 aromatic rings. The third kappa shape index (κ3) is 2.99. The maximum Gasteiger partial charge on any atom is 0.335 e. The summed E-state index contributed by atoms with van der Waals surface area (Å²) in [6.07, 6.45) is 3.80. The predicted octanol–water partition coefficient (Wildman–Crippen LogP) is 4.21. The maximum atomic E-state index is 10.7. The summed E-state index contributed by atoms with van der Waals surface area (Å²) in [5, 5.41) is 9.48. The van der Waals surface area contributed by atoms with Crippen molar-refractivity contribution in [3.8, 4) is 0 Å². The quantitative estimate of drug-likeness (QED) is 0.838. The molecule has 0 radical (unpaired) electrons. The van der Waals surface area contributed by atoms with Crippen molar-refractivity contribution in [1.29, 1.82) is 0 Å². The van der Waals surface area contributed by atoms with E-state index in [-0.39, 0.29) is 5.56 Å². The second kappa shape index (κ2) is 5.52. The van der Waals surface area contributed by atoms with Gasteiger partial charge in [-0.3, -0.25) is 0 Å². The molecule has 0 bridgehead atoms. The highest BCUT2D eigenvalue weighted by molar-refractivity contribution is 6.32. The average Bonchev–Trinajstić information content (AvgIpc) is 2.38. The van der Waals surface area contributed by atoms with Crippen molar-refractivity contribution in [3.05, 3.63) is 70.2 Å². The van der Waals surface area contributed by atoms with E-state index in [0.29, 0.717) is 5.02 Å². The van der Waals surface area contributed by atoms with E-state index in [9.17, 15) is 4.79 Å². The van der Waals surface area contributed by atoms with E-state index >= 15 is 0 Å². The lowest BCUT2D eigenvalue weighted by molar-refractivity contribution is 0.0697. The minimum Gasteiger partial charge on any atom is -0.478 e. The minimum atomic E-state index is -0.920. The highest BCUT2D eigenvalue weighted by atomic mass is 35.5. The number of carboxylic acids is 1. The van der Waals surface area contributed by atoms with Crippen LogP contribution in [0.5, 0.6) is 0 Å². The van der Waals surface area contributed by atoms with Crippen molar-refractivity contribution < 1.29 is 9.90 Å². The van der Waals surface area contributed by atoms with Gasteiger partial charge in [-0.15, -0.1) is 0 Å². The Kier molecular flexibility index (Phi) is 3.80. The molecule has 0 unspecified atom stereocenters. The molecule has 3 heteroatoms. The monoisotopic (exact) mass is 258 g/mol. The van der Waals surface area contributed by atoms with Crippen molar-refractivity contribution >= 4 is 29.7 Å². The summed E-state index contributed by atoms with van der Waals surface area (Å²) in [5.41, 5.74) is 2.14. The van der Waals surface area contributed by atoms with Crippen LogP contribution in [-0.4, -0.2) is 11.1 Å². The van der Waals surface area contributed by atoms with E-state index in [0.717, 1.165) is 11.1 Å². The Morgan fingerprint density at radius 2 is 1.67 bits per heavy atom. The second-order valence-corrected chi connectivity index (χ2v) is 4.19. The predicted molar refractivity (Wildman–Crippen MR) is 73.8 cm³/mol. The van der Waals surface area contributed by atoms with Gasteiger partial charge in [-0.05, 0) is 29.3 Å². The third-order valence-electron chi connectivity index (χ3n) is 2.52. The molecule has 0 aliphatic heterocycles. The van der Waals surface area contributed by atoms with Crippen molar-refractivity contribution in [2.24, 2.45) is 0 Å². The molecular weight excluding hydrogens is 248 g/mol. The Labute approximate surface area is 110 Å². The Bertz CT molecular complexity index is 586.